The topological polar surface area (TPSA) is 76.1 Å². The summed E-state index contributed by atoms with van der Waals surface area (Å²) in [4.78, 5) is 25.8. The molecule has 0 heterocycles. The van der Waals surface area contributed by atoms with Gasteiger partial charge < -0.3 is 19.5 Å². The highest BCUT2D eigenvalue weighted by Gasteiger charge is 2.37. The van der Waals surface area contributed by atoms with Crippen LogP contribution in [0.25, 0.3) is 0 Å². The van der Waals surface area contributed by atoms with Crippen LogP contribution in [0.15, 0.2) is 0 Å². The molecular formula is C15H27NO5. The van der Waals surface area contributed by atoms with Crippen LogP contribution in [0.5, 0.6) is 0 Å². The molecule has 0 aromatic carbocycles. The summed E-state index contributed by atoms with van der Waals surface area (Å²) in [6.45, 7) is 2.13. The van der Waals surface area contributed by atoms with Crippen molar-refractivity contribution in [2.45, 2.75) is 32.1 Å². The van der Waals surface area contributed by atoms with Crippen LogP contribution in [-0.4, -0.2) is 62.4 Å². The summed E-state index contributed by atoms with van der Waals surface area (Å²) < 4.78 is 10.1. The van der Waals surface area contributed by atoms with Crippen molar-refractivity contribution in [2.75, 3.05) is 40.5 Å². The molecule has 1 N–H and O–H groups in total. The first-order valence-corrected chi connectivity index (χ1v) is 7.61. The van der Waals surface area contributed by atoms with E-state index in [0.29, 0.717) is 39.1 Å². The third-order valence-electron chi connectivity index (χ3n) is 4.05. The van der Waals surface area contributed by atoms with Gasteiger partial charge in [-0.1, -0.05) is 12.8 Å². The zero-order chi connectivity index (χ0) is 15.7. The predicted octanol–water partition coefficient (Wildman–Crippen LogP) is 1.39. The maximum absolute atomic E-state index is 12.7. The predicted molar refractivity (Wildman–Crippen MR) is 78.0 cm³/mol. The van der Waals surface area contributed by atoms with Crippen molar-refractivity contribution in [3.8, 4) is 0 Å². The van der Waals surface area contributed by atoms with Crippen LogP contribution < -0.4 is 0 Å². The normalized spacial score (nSPS) is 22.0. The van der Waals surface area contributed by atoms with Crippen LogP contribution in [-0.2, 0) is 19.1 Å². The van der Waals surface area contributed by atoms with Crippen molar-refractivity contribution < 1.29 is 24.2 Å². The van der Waals surface area contributed by atoms with E-state index < -0.39 is 17.8 Å². The van der Waals surface area contributed by atoms with E-state index in [2.05, 4.69) is 0 Å². The molecular weight excluding hydrogens is 274 g/mol. The summed E-state index contributed by atoms with van der Waals surface area (Å²) in [6, 6.07) is 0. The highest BCUT2D eigenvalue weighted by Crippen LogP contribution is 2.31. The second-order valence-electron chi connectivity index (χ2n) is 5.50. The van der Waals surface area contributed by atoms with E-state index in [4.69, 9.17) is 9.47 Å². The lowest BCUT2D eigenvalue weighted by Crippen LogP contribution is -2.44. The quantitative estimate of drug-likeness (QED) is 0.651. The molecule has 0 radical (unpaired) electrons. The monoisotopic (exact) mass is 301 g/mol. The number of nitrogens with zero attached hydrogens (tertiary/aromatic N) is 1. The molecule has 0 aliphatic heterocycles. The molecule has 1 saturated carbocycles. The number of carbonyl (C=O) groups excluding carboxylic acids is 1. The van der Waals surface area contributed by atoms with Gasteiger partial charge in [-0.05, 0) is 19.3 Å². The van der Waals surface area contributed by atoms with Crippen LogP contribution in [0.3, 0.4) is 0 Å². The molecule has 21 heavy (non-hydrogen) atoms. The molecule has 0 aromatic heterocycles. The molecule has 0 aromatic rings. The van der Waals surface area contributed by atoms with Crippen LogP contribution >= 0.6 is 0 Å². The van der Waals surface area contributed by atoms with E-state index in [-0.39, 0.29) is 5.91 Å². The van der Waals surface area contributed by atoms with E-state index in [9.17, 15) is 14.7 Å². The maximum Gasteiger partial charge on any atom is 0.307 e. The van der Waals surface area contributed by atoms with Crippen LogP contribution in [0.1, 0.15) is 32.1 Å². The molecule has 0 spiro atoms. The Balaban J connectivity index is 2.68. The first-order valence-electron chi connectivity index (χ1n) is 7.61. The molecule has 2 unspecified atom stereocenters. The Morgan fingerprint density at radius 2 is 1.67 bits per heavy atom. The number of carboxylic acids is 1. The minimum absolute atomic E-state index is 0.0461. The number of amides is 1. The van der Waals surface area contributed by atoms with Gasteiger partial charge in [0.05, 0.1) is 18.4 Å². The zero-order valence-corrected chi connectivity index (χ0v) is 13.0. The average Bonchev–Trinajstić information content (AvgIpc) is 2.50. The van der Waals surface area contributed by atoms with E-state index in [1.807, 2.05) is 0 Å². The molecule has 1 amide bonds. The Morgan fingerprint density at radius 1 is 1.05 bits per heavy atom. The van der Waals surface area contributed by atoms with Gasteiger partial charge in [0.2, 0.25) is 5.91 Å². The number of methoxy groups -OCH3 is 2. The number of ether oxygens (including phenoxy) is 2. The van der Waals surface area contributed by atoms with Crippen molar-refractivity contribution in [1.82, 2.24) is 4.90 Å². The SMILES string of the molecule is COCCCN(CCOC)C(=O)C1CCCCC1C(=O)O. The number of carboxylic acid groups (broad SMARTS) is 1. The standard InChI is InChI=1S/C15H27NO5/c1-20-10-5-8-16(9-11-21-2)14(17)12-6-3-4-7-13(12)15(18)19/h12-13H,3-11H2,1-2H3,(H,18,19). The fourth-order valence-electron chi connectivity index (χ4n) is 2.89. The van der Waals surface area contributed by atoms with Crippen molar-refractivity contribution in [3.05, 3.63) is 0 Å². The van der Waals surface area contributed by atoms with Gasteiger partial charge in [0.15, 0.2) is 0 Å². The van der Waals surface area contributed by atoms with E-state index in [0.717, 1.165) is 19.3 Å². The first kappa shape index (κ1) is 17.9. The van der Waals surface area contributed by atoms with Crippen LogP contribution in [0.2, 0.25) is 0 Å². The largest absolute Gasteiger partial charge is 0.481 e. The number of hydrogen-bond acceptors (Lipinski definition) is 4. The minimum Gasteiger partial charge on any atom is -0.481 e. The Kier molecular flexibility index (Phi) is 8.30. The molecule has 1 aliphatic carbocycles. The number of hydrogen-bond donors (Lipinski definition) is 1. The number of carbonyl (C=O) groups is 2. The van der Waals surface area contributed by atoms with Crippen molar-refractivity contribution in [3.63, 3.8) is 0 Å². The lowest BCUT2D eigenvalue weighted by atomic mass is 9.78. The average molecular weight is 301 g/mol. The van der Waals surface area contributed by atoms with Gasteiger partial charge >= 0.3 is 5.97 Å². The Bertz CT molecular complexity index is 334. The smallest absolute Gasteiger partial charge is 0.307 e. The molecule has 6 nitrogen and oxygen atoms in total. The Hall–Kier alpha value is -1.14. The molecule has 0 saturated heterocycles. The highest BCUT2D eigenvalue weighted by atomic mass is 16.5. The molecule has 122 valence electrons. The van der Waals surface area contributed by atoms with Crippen molar-refractivity contribution in [1.29, 1.82) is 0 Å². The fourth-order valence-corrected chi connectivity index (χ4v) is 2.89. The van der Waals surface area contributed by atoms with Crippen LogP contribution in [0, 0.1) is 11.8 Å². The van der Waals surface area contributed by atoms with Gasteiger partial charge in [-0.25, -0.2) is 0 Å². The highest BCUT2D eigenvalue weighted by molar-refractivity contribution is 5.85. The summed E-state index contributed by atoms with van der Waals surface area (Å²) >= 11 is 0. The first-order chi connectivity index (χ1) is 10.1. The maximum atomic E-state index is 12.7. The number of rotatable bonds is 9. The summed E-state index contributed by atoms with van der Waals surface area (Å²) in [5.74, 6) is -1.83. The van der Waals surface area contributed by atoms with E-state index in [1.165, 1.54) is 0 Å². The third-order valence-corrected chi connectivity index (χ3v) is 4.05. The summed E-state index contributed by atoms with van der Waals surface area (Å²) in [5, 5.41) is 9.31. The Morgan fingerprint density at radius 3 is 2.24 bits per heavy atom. The van der Waals surface area contributed by atoms with Crippen LogP contribution in [0.4, 0.5) is 0 Å². The van der Waals surface area contributed by atoms with Crippen molar-refractivity contribution >= 4 is 11.9 Å². The molecule has 6 heteroatoms. The van der Waals surface area contributed by atoms with E-state index >= 15 is 0 Å². The molecule has 1 fully saturated rings. The molecule has 0 bridgehead atoms. The summed E-state index contributed by atoms with van der Waals surface area (Å²) in [7, 11) is 3.22. The minimum atomic E-state index is -0.850. The molecule has 2 atom stereocenters. The fraction of sp³-hybridized carbons (Fsp3) is 0.867. The summed E-state index contributed by atoms with van der Waals surface area (Å²) in [5.41, 5.74) is 0. The molecule has 1 aliphatic rings. The van der Waals surface area contributed by atoms with Crippen molar-refractivity contribution in [2.24, 2.45) is 11.8 Å². The molecule has 1 rings (SSSR count). The third kappa shape index (κ3) is 5.63. The Labute approximate surface area is 126 Å². The van der Waals surface area contributed by atoms with Gasteiger partial charge in [0.25, 0.3) is 0 Å². The van der Waals surface area contributed by atoms with Gasteiger partial charge in [0.1, 0.15) is 0 Å². The zero-order valence-electron chi connectivity index (χ0n) is 13.0. The lowest BCUT2D eigenvalue weighted by Gasteiger charge is -2.32. The van der Waals surface area contributed by atoms with Gasteiger partial charge in [-0.15, -0.1) is 0 Å². The van der Waals surface area contributed by atoms with E-state index in [1.54, 1.807) is 19.1 Å². The van der Waals surface area contributed by atoms with Gasteiger partial charge in [-0.2, -0.15) is 0 Å². The second-order valence-corrected chi connectivity index (χ2v) is 5.50. The number of aliphatic carboxylic acids is 1. The van der Waals surface area contributed by atoms with Gasteiger partial charge in [0, 0.05) is 33.9 Å². The van der Waals surface area contributed by atoms with Gasteiger partial charge in [-0.3, -0.25) is 9.59 Å². The lowest BCUT2D eigenvalue weighted by molar-refractivity contribution is -0.152. The second kappa shape index (κ2) is 9.73. The summed E-state index contributed by atoms with van der Waals surface area (Å²) in [6.07, 6.45) is 3.83.